The van der Waals surface area contributed by atoms with Crippen molar-refractivity contribution in [1.29, 1.82) is 5.41 Å². The van der Waals surface area contributed by atoms with E-state index in [4.69, 9.17) is 33.2 Å². The molecule has 2 aromatic rings. The molecule has 0 saturated heterocycles. The van der Waals surface area contributed by atoms with Gasteiger partial charge in [-0.05, 0) is 36.8 Å². The van der Waals surface area contributed by atoms with Crippen LogP contribution in [0.1, 0.15) is 6.42 Å². The summed E-state index contributed by atoms with van der Waals surface area (Å²) in [5, 5.41) is 18.8. The molecule has 0 unspecified atom stereocenters. The van der Waals surface area contributed by atoms with Crippen LogP contribution < -0.4 is 21.3 Å². The van der Waals surface area contributed by atoms with Gasteiger partial charge in [0.15, 0.2) is 10.7 Å². The van der Waals surface area contributed by atoms with Gasteiger partial charge < -0.3 is 25.5 Å². The third-order valence-electron chi connectivity index (χ3n) is 3.47. The van der Waals surface area contributed by atoms with Crippen molar-refractivity contribution >= 4 is 18.2 Å². The van der Waals surface area contributed by atoms with Crippen molar-refractivity contribution in [1.82, 2.24) is 14.9 Å². The number of guanidine groups is 1. The van der Waals surface area contributed by atoms with Crippen molar-refractivity contribution in [2.75, 3.05) is 19.8 Å². The molecule has 0 radical (unpaired) electrons. The summed E-state index contributed by atoms with van der Waals surface area (Å²) < 4.78 is 21.1. The molecule has 2 rings (SSSR count). The second-order valence-electron chi connectivity index (χ2n) is 5.38. The quantitative estimate of drug-likeness (QED) is 0.200. The van der Waals surface area contributed by atoms with Gasteiger partial charge in [-0.25, -0.2) is 4.39 Å². The van der Waals surface area contributed by atoms with Gasteiger partial charge in [-0.3, -0.25) is 15.2 Å². The normalized spacial score (nSPS) is 10.5. The highest BCUT2D eigenvalue weighted by Crippen LogP contribution is 2.30. The minimum absolute atomic E-state index is 0.0328. The molecule has 0 aliphatic carbocycles. The Kier molecular flexibility index (Phi) is 6.87. The zero-order valence-corrected chi connectivity index (χ0v) is 14.7. The summed E-state index contributed by atoms with van der Waals surface area (Å²) in [5.41, 5.74) is 5.58. The third kappa shape index (κ3) is 5.14. The minimum atomic E-state index is -0.493. The molecule has 0 aliphatic rings. The lowest BCUT2D eigenvalue weighted by Gasteiger charge is -2.17. The van der Waals surface area contributed by atoms with Crippen LogP contribution in [0.3, 0.4) is 0 Å². The zero-order valence-electron chi connectivity index (χ0n) is 13.9. The fourth-order valence-corrected chi connectivity index (χ4v) is 2.70. The van der Waals surface area contributed by atoms with E-state index in [2.05, 4.69) is 10.3 Å². The first-order chi connectivity index (χ1) is 12.4. The monoisotopic (exact) mass is 381 g/mol. The average molecular weight is 381 g/mol. The van der Waals surface area contributed by atoms with Gasteiger partial charge >= 0.3 is 0 Å². The van der Waals surface area contributed by atoms with Gasteiger partial charge in [-0.1, -0.05) is 0 Å². The molecule has 10 heteroatoms. The number of aromatic amines is 1. The summed E-state index contributed by atoms with van der Waals surface area (Å²) in [4.78, 5) is 14.4. The van der Waals surface area contributed by atoms with Crippen LogP contribution in [0.2, 0.25) is 0 Å². The van der Waals surface area contributed by atoms with Gasteiger partial charge in [-0.15, -0.1) is 0 Å². The summed E-state index contributed by atoms with van der Waals surface area (Å²) in [6, 6.07) is 5.24. The molecule has 140 valence electrons. The second kappa shape index (κ2) is 9.11. The lowest BCUT2D eigenvalue weighted by Crippen LogP contribution is -2.31. The number of halogens is 1. The topological polar surface area (TPSA) is 129 Å². The molecule has 0 aliphatic heterocycles. The van der Waals surface area contributed by atoms with Gasteiger partial charge in [0.25, 0.3) is 5.56 Å². The summed E-state index contributed by atoms with van der Waals surface area (Å²) in [6.45, 7) is 0.675. The molecule has 1 aromatic carbocycles. The number of nitrogens with one attached hydrogen (secondary N) is 3. The standard InChI is InChI=1S/C16H20FN5O3S/c17-10-2-3-13(25-7-6-23)11(8-10)12-9-14(24)21-16(26)22(12)5-1-4-20-15(18)19/h2-3,8-9,23H,1,4-7H2,(H4,18,19,20)(H,21,24,26). The van der Waals surface area contributed by atoms with E-state index in [1.807, 2.05) is 0 Å². The van der Waals surface area contributed by atoms with E-state index in [0.717, 1.165) is 0 Å². The fraction of sp³-hybridized carbons (Fsp3) is 0.312. The van der Waals surface area contributed by atoms with Crippen molar-refractivity contribution in [2.24, 2.45) is 5.73 Å². The molecule has 0 atom stereocenters. The summed E-state index contributed by atoms with van der Waals surface area (Å²) in [5.74, 6) is -0.302. The number of aromatic nitrogens is 2. The molecule has 0 amide bonds. The summed E-state index contributed by atoms with van der Waals surface area (Å²) >= 11 is 5.24. The van der Waals surface area contributed by atoms with E-state index in [1.165, 1.54) is 24.3 Å². The first-order valence-electron chi connectivity index (χ1n) is 7.88. The molecule has 0 bridgehead atoms. The predicted octanol–water partition coefficient (Wildman–Crippen LogP) is 0.956. The predicted molar refractivity (Wildman–Crippen MR) is 98.4 cm³/mol. The van der Waals surface area contributed by atoms with E-state index in [9.17, 15) is 9.18 Å². The maximum atomic E-state index is 13.8. The van der Waals surface area contributed by atoms with Crippen LogP contribution in [-0.4, -0.2) is 40.4 Å². The van der Waals surface area contributed by atoms with Crippen LogP contribution in [0.25, 0.3) is 11.3 Å². The Morgan fingerprint density at radius 1 is 1.46 bits per heavy atom. The van der Waals surface area contributed by atoms with E-state index >= 15 is 0 Å². The first-order valence-corrected chi connectivity index (χ1v) is 8.29. The lowest BCUT2D eigenvalue weighted by molar-refractivity contribution is 0.201. The molecular formula is C16H20FN5O3S. The SMILES string of the molecule is N=C(N)NCCCn1c(-c2cc(F)ccc2OCCO)cc(=O)[nH]c1=S. The number of ether oxygens (including phenoxy) is 1. The largest absolute Gasteiger partial charge is 0.490 e. The van der Waals surface area contributed by atoms with E-state index in [-0.39, 0.29) is 23.9 Å². The summed E-state index contributed by atoms with van der Waals surface area (Å²) in [7, 11) is 0. The van der Waals surface area contributed by atoms with Crippen molar-refractivity contribution in [3.05, 3.63) is 45.2 Å². The Bertz CT molecular complexity index is 896. The Balaban J connectivity index is 2.45. The first kappa shape index (κ1) is 19.6. The number of nitrogens with zero attached hydrogens (tertiary/aromatic N) is 1. The molecule has 1 heterocycles. The molecule has 6 N–H and O–H groups in total. The number of rotatable bonds is 8. The molecule has 0 spiro atoms. The van der Waals surface area contributed by atoms with Crippen molar-refractivity contribution in [3.8, 4) is 17.0 Å². The number of aliphatic hydroxyl groups excluding tert-OH is 1. The Hall–Kier alpha value is -2.72. The van der Waals surface area contributed by atoms with Gasteiger partial charge in [0.2, 0.25) is 0 Å². The molecular weight excluding hydrogens is 361 g/mol. The highest BCUT2D eigenvalue weighted by Gasteiger charge is 2.14. The highest BCUT2D eigenvalue weighted by molar-refractivity contribution is 7.71. The van der Waals surface area contributed by atoms with Gasteiger partial charge in [0, 0.05) is 24.7 Å². The zero-order chi connectivity index (χ0) is 19.1. The van der Waals surface area contributed by atoms with Crippen molar-refractivity contribution < 1.29 is 14.2 Å². The Labute approximate surface area is 153 Å². The fourth-order valence-electron chi connectivity index (χ4n) is 2.41. The Morgan fingerprint density at radius 2 is 2.23 bits per heavy atom. The van der Waals surface area contributed by atoms with Gasteiger partial charge in [-0.2, -0.15) is 0 Å². The van der Waals surface area contributed by atoms with Crippen LogP contribution in [0, 0.1) is 16.0 Å². The molecule has 1 aromatic heterocycles. The maximum absolute atomic E-state index is 13.8. The highest BCUT2D eigenvalue weighted by atomic mass is 32.1. The summed E-state index contributed by atoms with van der Waals surface area (Å²) in [6.07, 6.45) is 0.565. The molecule has 8 nitrogen and oxygen atoms in total. The van der Waals surface area contributed by atoms with Crippen LogP contribution in [0.5, 0.6) is 5.75 Å². The van der Waals surface area contributed by atoms with Crippen LogP contribution in [0.4, 0.5) is 4.39 Å². The number of H-pyrrole nitrogens is 1. The molecule has 0 fully saturated rings. The van der Waals surface area contributed by atoms with Gasteiger partial charge in [0.05, 0.1) is 12.3 Å². The van der Waals surface area contributed by atoms with Crippen molar-refractivity contribution in [3.63, 3.8) is 0 Å². The smallest absolute Gasteiger partial charge is 0.252 e. The van der Waals surface area contributed by atoms with E-state index in [1.54, 1.807) is 4.57 Å². The van der Waals surface area contributed by atoms with Crippen LogP contribution in [0.15, 0.2) is 29.1 Å². The third-order valence-corrected chi connectivity index (χ3v) is 3.80. The number of aliphatic hydroxyl groups is 1. The van der Waals surface area contributed by atoms with Crippen LogP contribution >= 0.6 is 12.2 Å². The number of nitrogens with two attached hydrogens (primary N) is 1. The minimum Gasteiger partial charge on any atom is -0.490 e. The number of hydrogen-bond acceptors (Lipinski definition) is 5. The number of benzene rings is 1. The van der Waals surface area contributed by atoms with Crippen LogP contribution in [-0.2, 0) is 6.54 Å². The van der Waals surface area contributed by atoms with E-state index < -0.39 is 11.4 Å². The van der Waals surface area contributed by atoms with Crippen molar-refractivity contribution in [2.45, 2.75) is 13.0 Å². The lowest BCUT2D eigenvalue weighted by atomic mass is 10.1. The maximum Gasteiger partial charge on any atom is 0.252 e. The Morgan fingerprint density at radius 3 is 2.92 bits per heavy atom. The molecule has 0 saturated carbocycles. The number of hydrogen-bond donors (Lipinski definition) is 5. The average Bonchev–Trinajstić information content (AvgIpc) is 2.58. The van der Waals surface area contributed by atoms with Gasteiger partial charge in [0.1, 0.15) is 18.2 Å². The second-order valence-corrected chi connectivity index (χ2v) is 5.77. The molecule has 26 heavy (non-hydrogen) atoms. The van der Waals surface area contributed by atoms with E-state index in [0.29, 0.717) is 36.5 Å².